The molecule has 0 aliphatic carbocycles. The predicted molar refractivity (Wildman–Crippen MR) is 140 cm³/mol. The Balaban J connectivity index is 2.59. The van der Waals surface area contributed by atoms with Crippen molar-refractivity contribution < 1.29 is 53.8 Å². The maximum Gasteiger partial charge on any atom is 0.434 e. The van der Waals surface area contributed by atoms with Gasteiger partial charge in [0.25, 0.3) is 5.56 Å². The molecule has 3 rings (SSSR count). The standard InChI is InChI=1S/C25H18Br2F9N3O4/c1-3-43-21(41)20(42-2)39(15-10-13(23(28,29)30)9-14(16(15)26)24(31,32)33)22-37-18(25(34,35)36)17(27)19(40)38(22)11-12-7-5-4-6-8-12/h4-10,20H,3,11H2,1-2H3. The summed E-state index contributed by atoms with van der Waals surface area (Å²) in [4.78, 5) is 30.0. The summed E-state index contributed by atoms with van der Waals surface area (Å²) in [6.45, 7) is 0.349. The number of nitrogens with zero attached hydrogens (tertiary/aromatic N) is 3. The molecular weight excluding hydrogens is 737 g/mol. The highest BCUT2D eigenvalue weighted by Crippen LogP contribution is 2.46. The third-order valence-electron chi connectivity index (χ3n) is 5.65. The van der Waals surface area contributed by atoms with Crippen molar-refractivity contribution in [3.8, 4) is 0 Å². The molecule has 0 aliphatic heterocycles. The lowest BCUT2D eigenvalue weighted by molar-refractivity contribution is -0.154. The molecule has 0 saturated carbocycles. The van der Waals surface area contributed by atoms with Crippen LogP contribution in [-0.2, 0) is 39.3 Å². The highest BCUT2D eigenvalue weighted by molar-refractivity contribution is 9.11. The van der Waals surface area contributed by atoms with Crippen molar-refractivity contribution in [2.45, 2.75) is 38.2 Å². The van der Waals surface area contributed by atoms with Crippen LogP contribution in [0.15, 0.2) is 56.2 Å². The molecule has 0 saturated heterocycles. The Bertz CT molecular complexity index is 1540. The van der Waals surface area contributed by atoms with Crippen molar-refractivity contribution in [2.75, 3.05) is 18.6 Å². The fraction of sp³-hybridized carbons (Fsp3) is 0.320. The number of aromatic nitrogens is 2. The Morgan fingerprint density at radius 3 is 2.05 bits per heavy atom. The van der Waals surface area contributed by atoms with Gasteiger partial charge in [0.2, 0.25) is 12.2 Å². The van der Waals surface area contributed by atoms with E-state index in [1.807, 2.05) is 0 Å². The monoisotopic (exact) mass is 753 g/mol. The van der Waals surface area contributed by atoms with Crippen LogP contribution >= 0.6 is 31.9 Å². The first kappa shape index (κ1) is 34.4. The van der Waals surface area contributed by atoms with E-state index < -0.39 is 80.2 Å². The molecule has 0 spiro atoms. The second kappa shape index (κ2) is 12.9. The zero-order chi connectivity index (χ0) is 32.5. The number of halogens is 11. The van der Waals surface area contributed by atoms with E-state index in [9.17, 15) is 49.1 Å². The minimum absolute atomic E-state index is 0.138. The van der Waals surface area contributed by atoms with Crippen LogP contribution in [0.5, 0.6) is 0 Å². The van der Waals surface area contributed by atoms with Crippen LogP contribution in [-0.4, -0.2) is 35.5 Å². The van der Waals surface area contributed by atoms with Gasteiger partial charge in [-0.3, -0.25) is 14.3 Å². The molecule has 2 aromatic carbocycles. The first-order valence-corrected chi connectivity index (χ1v) is 13.3. The Labute approximate surface area is 253 Å². The molecule has 18 heteroatoms. The first-order chi connectivity index (χ1) is 19.8. The van der Waals surface area contributed by atoms with Crippen molar-refractivity contribution in [3.05, 3.63) is 84.1 Å². The van der Waals surface area contributed by atoms with Crippen LogP contribution in [0.4, 0.5) is 51.1 Å². The summed E-state index contributed by atoms with van der Waals surface area (Å²) in [6.07, 6.45) is -18.5. The summed E-state index contributed by atoms with van der Waals surface area (Å²) < 4.78 is 134. The molecule has 0 amide bonds. The summed E-state index contributed by atoms with van der Waals surface area (Å²) in [5.74, 6) is -2.61. The van der Waals surface area contributed by atoms with Crippen LogP contribution in [0, 0.1) is 0 Å². The Hall–Kier alpha value is -3.12. The molecule has 0 fully saturated rings. The molecule has 0 bridgehead atoms. The van der Waals surface area contributed by atoms with Gasteiger partial charge in [-0.25, -0.2) is 9.78 Å². The number of methoxy groups -OCH3 is 1. The van der Waals surface area contributed by atoms with Gasteiger partial charge < -0.3 is 9.47 Å². The number of alkyl halides is 9. The molecule has 43 heavy (non-hydrogen) atoms. The molecule has 1 unspecified atom stereocenters. The van der Waals surface area contributed by atoms with E-state index in [4.69, 9.17) is 9.47 Å². The van der Waals surface area contributed by atoms with Crippen LogP contribution in [0.3, 0.4) is 0 Å². The summed E-state index contributed by atoms with van der Waals surface area (Å²) in [5, 5.41) is 0. The van der Waals surface area contributed by atoms with E-state index in [1.54, 1.807) is 6.07 Å². The third kappa shape index (κ3) is 7.52. The predicted octanol–water partition coefficient (Wildman–Crippen LogP) is 7.55. The van der Waals surface area contributed by atoms with Crippen LogP contribution in [0.2, 0.25) is 0 Å². The lowest BCUT2D eigenvalue weighted by Crippen LogP contribution is -2.45. The van der Waals surface area contributed by atoms with Crippen molar-refractivity contribution >= 4 is 49.5 Å². The smallest absolute Gasteiger partial charge is 0.434 e. The fourth-order valence-electron chi connectivity index (χ4n) is 3.81. The van der Waals surface area contributed by atoms with E-state index in [0.29, 0.717) is 4.57 Å². The molecule has 1 aromatic heterocycles. The van der Waals surface area contributed by atoms with E-state index in [-0.39, 0.29) is 29.2 Å². The highest BCUT2D eigenvalue weighted by atomic mass is 79.9. The summed E-state index contributed by atoms with van der Waals surface area (Å²) in [5.41, 5.74) is -7.98. The largest absolute Gasteiger partial charge is 0.463 e. The number of benzene rings is 2. The van der Waals surface area contributed by atoms with Gasteiger partial charge in [0.15, 0.2) is 5.69 Å². The topological polar surface area (TPSA) is 73.7 Å². The van der Waals surface area contributed by atoms with Gasteiger partial charge >= 0.3 is 24.5 Å². The SMILES string of the molecule is CCOC(=O)C(OC)N(c1cc(C(F)(F)F)cc(C(F)(F)F)c1Br)c1nc(C(F)(F)F)c(Br)c(=O)n1Cc1ccccc1. The zero-order valence-corrected chi connectivity index (χ0v) is 24.8. The number of carbonyl (C=O) groups is 1. The minimum atomic E-state index is -5.43. The number of rotatable bonds is 8. The first-order valence-electron chi connectivity index (χ1n) is 11.7. The molecule has 234 valence electrons. The highest BCUT2D eigenvalue weighted by Gasteiger charge is 2.44. The van der Waals surface area contributed by atoms with Crippen molar-refractivity contribution in [3.63, 3.8) is 0 Å². The molecule has 1 atom stereocenters. The number of carbonyl (C=O) groups excluding carboxylic acids is 1. The second-order valence-electron chi connectivity index (χ2n) is 8.51. The van der Waals surface area contributed by atoms with Crippen molar-refractivity contribution in [1.82, 2.24) is 9.55 Å². The summed E-state index contributed by atoms with van der Waals surface area (Å²) >= 11 is 5.15. The van der Waals surface area contributed by atoms with Crippen LogP contribution < -0.4 is 10.5 Å². The molecule has 0 radical (unpaired) electrons. The second-order valence-corrected chi connectivity index (χ2v) is 10.1. The average molecular weight is 755 g/mol. The summed E-state index contributed by atoms with van der Waals surface area (Å²) in [7, 11) is 0.796. The van der Waals surface area contributed by atoms with Gasteiger partial charge in [-0.1, -0.05) is 30.3 Å². The maximum atomic E-state index is 14.0. The number of anilines is 2. The lowest BCUT2D eigenvalue weighted by Gasteiger charge is -2.33. The summed E-state index contributed by atoms with van der Waals surface area (Å²) in [6, 6.07) is 7.35. The van der Waals surface area contributed by atoms with Gasteiger partial charge in [0.1, 0.15) is 4.47 Å². The van der Waals surface area contributed by atoms with Crippen molar-refractivity contribution in [2.24, 2.45) is 0 Å². The molecule has 0 N–H and O–H groups in total. The quantitative estimate of drug-likeness (QED) is 0.135. The molecular formula is C25H18Br2F9N3O4. The van der Waals surface area contributed by atoms with Gasteiger partial charge in [0, 0.05) is 7.11 Å². The minimum Gasteiger partial charge on any atom is -0.463 e. The zero-order valence-electron chi connectivity index (χ0n) is 21.7. The third-order valence-corrected chi connectivity index (χ3v) is 7.20. The molecule has 7 nitrogen and oxygen atoms in total. The van der Waals surface area contributed by atoms with Crippen LogP contribution in [0.25, 0.3) is 0 Å². The Kier molecular flexibility index (Phi) is 10.3. The van der Waals surface area contributed by atoms with E-state index in [1.165, 1.54) is 31.2 Å². The van der Waals surface area contributed by atoms with Gasteiger partial charge in [-0.2, -0.15) is 39.5 Å². The molecule has 0 aliphatic rings. The number of esters is 1. The average Bonchev–Trinajstić information content (AvgIpc) is 2.89. The number of hydrogen-bond acceptors (Lipinski definition) is 6. The molecule has 1 heterocycles. The fourth-order valence-corrected chi connectivity index (χ4v) is 4.99. The van der Waals surface area contributed by atoms with Gasteiger partial charge in [-0.05, 0) is 56.5 Å². The maximum absolute atomic E-state index is 14.0. The molecule has 3 aromatic rings. The van der Waals surface area contributed by atoms with Gasteiger partial charge in [-0.15, -0.1) is 0 Å². The van der Waals surface area contributed by atoms with Crippen LogP contribution in [0.1, 0.15) is 29.3 Å². The van der Waals surface area contributed by atoms with E-state index >= 15 is 0 Å². The van der Waals surface area contributed by atoms with E-state index in [2.05, 4.69) is 36.8 Å². The number of ether oxygens (including phenoxy) is 2. The van der Waals surface area contributed by atoms with Crippen molar-refractivity contribution in [1.29, 1.82) is 0 Å². The normalized spacial score (nSPS) is 13.1. The van der Waals surface area contributed by atoms with E-state index in [0.717, 1.165) is 7.11 Å². The Morgan fingerprint density at radius 2 is 1.56 bits per heavy atom. The number of hydrogen-bond donors (Lipinski definition) is 0. The Morgan fingerprint density at radius 1 is 0.953 bits per heavy atom. The lowest BCUT2D eigenvalue weighted by atomic mass is 10.1. The van der Waals surface area contributed by atoms with Gasteiger partial charge in [0.05, 0.1) is 34.4 Å².